The molecule has 2 rings (SSSR count). The van der Waals surface area contributed by atoms with Crippen molar-refractivity contribution in [3.63, 3.8) is 0 Å². The van der Waals surface area contributed by atoms with Crippen LogP contribution in [0.3, 0.4) is 0 Å². The molecule has 1 aromatic carbocycles. The molecule has 0 radical (unpaired) electrons. The van der Waals surface area contributed by atoms with Crippen LogP contribution >= 0.6 is 0 Å². The molecule has 104 valence electrons. The van der Waals surface area contributed by atoms with Crippen LogP contribution < -0.4 is 0 Å². The molecule has 1 aliphatic rings. The predicted molar refractivity (Wildman–Crippen MR) is 71.2 cm³/mol. The van der Waals surface area contributed by atoms with E-state index in [2.05, 4.69) is 0 Å². The lowest BCUT2D eigenvalue weighted by Crippen LogP contribution is -2.41. The third-order valence-corrected chi connectivity index (χ3v) is 3.50. The SMILES string of the molecule is COC(=O)C1(C(=O)N(CC#N)Cc2ccccc2)CC1. The van der Waals surface area contributed by atoms with Crippen molar-refractivity contribution in [3.05, 3.63) is 35.9 Å². The van der Waals surface area contributed by atoms with E-state index in [0.717, 1.165) is 5.56 Å². The van der Waals surface area contributed by atoms with Crippen molar-refractivity contribution in [2.24, 2.45) is 5.41 Å². The monoisotopic (exact) mass is 272 g/mol. The molecule has 0 N–H and O–H groups in total. The van der Waals surface area contributed by atoms with Gasteiger partial charge in [-0.05, 0) is 18.4 Å². The van der Waals surface area contributed by atoms with E-state index in [9.17, 15) is 9.59 Å². The van der Waals surface area contributed by atoms with E-state index >= 15 is 0 Å². The molecular weight excluding hydrogens is 256 g/mol. The molecule has 0 heterocycles. The van der Waals surface area contributed by atoms with Crippen molar-refractivity contribution in [3.8, 4) is 6.07 Å². The summed E-state index contributed by atoms with van der Waals surface area (Å²) in [5, 5.41) is 8.89. The summed E-state index contributed by atoms with van der Waals surface area (Å²) in [4.78, 5) is 25.7. The molecule has 1 fully saturated rings. The van der Waals surface area contributed by atoms with Crippen LogP contribution in [0.5, 0.6) is 0 Å². The van der Waals surface area contributed by atoms with Crippen molar-refractivity contribution >= 4 is 11.9 Å². The maximum absolute atomic E-state index is 12.5. The lowest BCUT2D eigenvalue weighted by molar-refractivity contribution is -0.156. The molecule has 5 heteroatoms. The van der Waals surface area contributed by atoms with E-state index in [1.807, 2.05) is 36.4 Å². The molecule has 5 nitrogen and oxygen atoms in total. The molecule has 1 amide bonds. The first-order valence-electron chi connectivity index (χ1n) is 6.43. The normalized spacial score (nSPS) is 15.0. The second-order valence-corrected chi connectivity index (χ2v) is 4.88. The van der Waals surface area contributed by atoms with Gasteiger partial charge in [0.2, 0.25) is 5.91 Å². The van der Waals surface area contributed by atoms with Gasteiger partial charge in [-0.3, -0.25) is 9.59 Å². The van der Waals surface area contributed by atoms with E-state index in [-0.39, 0.29) is 12.5 Å². The Labute approximate surface area is 117 Å². The number of nitriles is 1. The third-order valence-electron chi connectivity index (χ3n) is 3.50. The minimum Gasteiger partial charge on any atom is -0.468 e. The van der Waals surface area contributed by atoms with Crippen molar-refractivity contribution < 1.29 is 14.3 Å². The molecule has 0 spiro atoms. The number of amides is 1. The Kier molecular flexibility index (Phi) is 4.04. The molecule has 0 aromatic heterocycles. The number of carbonyl (C=O) groups excluding carboxylic acids is 2. The molecule has 0 atom stereocenters. The highest BCUT2D eigenvalue weighted by atomic mass is 16.5. The van der Waals surface area contributed by atoms with Crippen molar-refractivity contribution in [2.75, 3.05) is 13.7 Å². The number of carbonyl (C=O) groups is 2. The topological polar surface area (TPSA) is 70.4 Å². The first-order valence-corrected chi connectivity index (χ1v) is 6.43. The molecule has 0 unspecified atom stereocenters. The fraction of sp³-hybridized carbons (Fsp3) is 0.400. The van der Waals surface area contributed by atoms with Crippen LogP contribution in [0.1, 0.15) is 18.4 Å². The largest absolute Gasteiger partial charge is 0.468 e. The Morgan fingerprint density at radius 3 is 2.50 bits per heavy atom. The van der Waals surface area contributed by atoms with Gasteiger partial charge in [-0.15, -0.1) is 0 Å². The summed E-state index contributed by atoms with van der Waals surface area (Å²) >= 11 is 0. The number of benzene rings is 1. The summed E-state index contributed by atoms with van der Waals surface area (Å²) in [7, 11) is 1.28. The summed E-state index contributed by atoms with van der Waals surface area (Å²) < 4.78 is 4.71. The van der Waals surface area contributed by atoms with E-state index < -0.39 is 11.4 Å². The lowest BCUT2D eigenvalue weighted by Gasteiger charge is -2.24. The van der Waals surface area contributed by atoms with Crippen LogP contribution in [-0.2, 0) is 20.9 Å². The van der Waals surface area contributed by atoms with Gasteiger partial charge in [-0.2, -0.15) is 5.26 Å². The first-order chi connectivity index (χ1) is 9.64. The highest BCUT2D eigenvalue weighted by Crippen LogP contribution is 2.48. The van der Waals surface area contributed by atoms with Gasteiger partial charge in [-0.25, -0.2) is 0 Å². The fourth-order valence-electron chi connectivity index (χ4n) is 2.22. The second-order valence-electron chi connectivity index (χ2n) is 4.88. The van der Waals surface area contributed by atoms with Gasteiger partial charge in [0.15, 0.2) is 0 Å². The maximum atomic E-state index is 12.5. The van der Waals surface area contributed by atoms with Crippen LogP contribution in [0.4, 0.5) is 0 Å². The molecule has 0 bridgehead atoms. The predicted octanol–water partition coefficient (Wildman–Crippen LogP) is 1.49. The van der Waals surface area contributed by atoms with Crippen LogP contribution in [0.25, 0.3) is 0 Å². The Balaban J connectivity index is 2.15. The third kappa shape index (κ3) is 2.64. The van der Waals surface area contributed by atoms with Crippen molar-refractivity contribution in [2.45, 2.75) is 19.4 Å². The zero-order valence-corrected chi connectivity index (χ0v) is 11.3. The van der Waals surface area contributed by atoms with Gasteiger partial charge in [-0.1, -0.05) is 30.3 Å². The standard InChI is InChI=1S/C15H16N2O3/c1-20-14(19)15(7-8-15)13(18)17(10-9-16)11-12-5-3-2-4-6-12/h2-6H,7-8,10-11H2,1H3. The summed E-state index contributed by atoms with van der Waals surface area (Å²) in [5.41, 5.74) is -0.128. The minimum absolute atomic E-state index is 0.0352. The van der Waals surface area contributed by atoms with E-state index in [1.54, 1.807) is 0 Å². The number of hydrogen-bond donors (Lipinski definition) is 0. The average Bonchev–Trinajstić information content (AvgIpc) is 3.28. The second kappa shape index (κ2) is 5.74. The molecule has 0 aliphatic heterocycles. The first kappa shape index (κ1) is 14.1. The molecule has 0 saturated heterocycles. The van der Waals surface area contributed by atoms with Gasteiger partial charge in [0, 0.05) is 6.54 Å². The van der Waals surface area contributed by atoms with Crippen molar-refractivity contribution in [1.82, 2.24) is 4.90 Å². The quantitative estimate of drug-likeness (QED) is 0.462. The number of esters is 1. The Morgan fingerprint density at radius 1 is 1.35 bits per heavy atom. The molecule has 1 aromatic rings. The summed E-state index contributed by atoms with van der Waals surface area (Å²) in [6.45, 7) is 0.290. The fourth-order valence-corrected chi connectivity index (χ4v) is 2.22. The van der Waals surface area contributed by atoms with Crippen molar-refractivity contribution in [1.29, 1.82) is 5.26 Å². The van der Waals surface area contributed by atoms with Gasteiger partial charge in [0.1, 0.15) is 12.0 Å². The number of ether oxygens (including phenoxy) is 1. The molecular formula is C15H16N2O3. The highest BCUT2D eigenvalue weighted by Gasteiger charge is 2.59. The number of nitrogens with zero attached hydrogens (tertiary/aromatic N) is 2. The van der Waals surface area contributed by atoms with Crippen LogP contribution in [0, 0.1) is 16.7 Å². The van der Waals surface area contributed by atoms with Crippen LogP contribution in [0.2, 0.25) is 0 Å². The summed E-state index contributed by atoms with van der Waals surface area (Å²) in [6.07, 6.45) is 0.991. The number of hydrogen-bond acceptors (Lipinski definition) is 4. The smallest absolute Gasteiger partial charge is 0.321 e. The van der Waals surface area contributed by atoms with Crippen LogP contribution in [-0.4, -0.2) is 30.4 Å². The number of rotatable bonds is 5. The van der Waals surface area contributed by atoms with Gasteiger partial charge in [0.25, 0.3) is 0 Å². The minimum atomic E-state index is -1.06. The van der Waals surface area contributed by atoms with E-state index in [4.69, 9.17) is 10.00 Å². The Hall–Kier alpha value is -2.35. The van der Waals surface area contributed by atoms with Crippen LogP contribution in [0.15, 0.2) is 30.3 Å². The maximum Gasteiger partial charge on any atom is 0.321 e. The molecule has 20 heavy (non-hydrogen) atoms. The lowest BCUT2D eigenvalue weighted by atomic mass is 10.1. The van der Waals surface area contributed by atoms with Gasteiger partial charge < -0.3 is 9.64 Å². The average molecular weight is 272 g/mol. The summed E-state index contributed by atoms with van der Waals surface area (Å²) in [6, 6.07) is 11.4. The molecule has 1 aliphatic carbocycles. The number of methoxy groups -OCH3 is 1. The Morgan fingerprint density at radius 2 is 2.00 bits per heavy atom. The zero-order chi connectivity index (χ0) is 14.6. The van der Waals surface area contributed by atoms with Gasteiger partial charge in [0.05, 0.1) is 13.2 Å². The van der Waals surface area contributed by atoms with Gasteiger partial charge >= 0.3 is 5.97 Å². The Bertz CT molecular complexity index is 544. The van der Waals surface area contributed by atoms with E-state index in [0.29, 0.717) is 19.4 Å². The molecule has 1 saturated carbocycles. The van der Waals surface area contributed by atoms with E-state index in [1.165, 1.54) is 12.0 Å². The highest BCUT2D eigenvalue weighted by molar-refractivity contribution is 6.05. The zero-order valence-electron chi connectivity index (χ0n) is 11.3. The summed E-state index contributed by atoms with van der Waals surface area (Å²) in [5.74, 6) is -0.812.